The van der Waals surface area contributed by atoms with E-state index in [1.807, 2.05) is 6.08 Å². The van der Waals surface area contributed by atoms with Crippen LogP contribution in [0.4, 0.5) is 0 Å². The summed E-state index contributed by atoms with van der Waals surface area (Å²) in [4.78, 5) is 2.66. The summed E-state index contributed by atoms with van der Waals surface area (Å²) in [6.45, 7) is 10.0. The van der Waals surface area contributed by atoms with E-state index in [9.17, 15) is 0 Å². The van der Waals surface area contributed by atoms with Gasteiger partial charge in [-0.25, -0.2) is 0 Å². The van der Waals surface area contributed by atoms with E-state index in [-0.39, 0.29) is 0 Å². The fourth-order valence-electron chi connectivity index (χ4n) is 2.67. The molecular formula is C14H26N2. The van der Waals surface area contributed by atoms with E-state index in [0.29, 0.717) is 6.04 Å². The number of nitrogens with zero attached hydrogens (tertiary/aromatic N) is 1. The Morgan fingerprint density at radius 1 is 1.31 bits per heavy atom. The van der Waals surface area contributed by atoms with Crippen molar-refractivity contribution in [2.75, 3.05) is 19.6 Å². The van der Waals surface area contributed by atoms with Gasteiger partial charge in [0.25, 0.3) is 0 Å². The van der Waals surface area contributed by atoms with Crippen LogP contribution >= 0.6 is 0 Å². The van der Waals surface area contributed by atoms with Gasteiger partial charge in [0.15, 0.2) is 0 Å². The Morgan fingerprint density at radius 3 is 2.56 bits per heavy atom. The van der Waals surface area contributed by atoms with E-state index in [1.54, 1.807) is 0 Å². The van der Waals surface area contributed by atoms with Crippen LogP contribution in [-0.4, -0.2) is 36.6 Å². The Hall–Kier alpha value is -0.340. The van der Waals surface area contributed by atoms with Crippen molar-refractivity contribution in [3.05, 3.63) is 12.7 Å². The van der Waals surface area contributed by atoms with E-state index in [4.69, 9.17) is 0 Å². The third kappa shape index (κ3) is 3.91. The molecule has 16 heavy (non-hydrogen) atoms. The smallest absolute Gasteiger partial charge is 0.00940 e. The van der Waals surface area contributed by atoms with Crippen LogP contribution in [0.5, 0.6) is 0 Å². The summed E-state index contributed by atoms with van der Waals surface area (Å²) in [6, 6.07) is 1.34. The minimum atomic E-state index is 0.595. The quantitative estimate of drug-likeness (QED) is 0.694. The highest BCUT2D eigenvalue weighted by molar-refractivity contribution is 4.84. The van der Waals surface area contributed by atoms with Gasteiger partial charge >= 0.3 is 0 Å². The van der Waals surface area contributed by atoms with E-state index in [2.05, 4.69) is 23.7 Å². The molecule has 2 fully saturated rings. The second kappa shape index (κ2) is 5.83. The Kier molecular flexibility index (Phi) is 4.42. The summed E-state index contributed by atoms with van der Waals surface area (Å²) in [5.41, 5.74) is 0. The van der Waals surface area contributed by atoms with Gasteiger partial charge in [-0.05, 0) is 58.0 Å². The normalized spacial score (nSPS) is 25.6. The SMILES string of the molecule is C=CCC(C)NC1CCN(CC2CC2)CC1. The van der Waals surface area contributed by atoms with E-state index >= 15 is 0 Å². The molecule has 0 amide bonds. The predicted molar refractivity (Wildman–Crippen MR) is 69.6 cm³/mol. The fraction of sp³-hybridized carbons (Fsp3) is 0.857. The van der Waals surface area contributed by atoms with Crippen LogP contribution in [0.15, 0.2) is 12.7 Å². The van der Waals surface area contributed by atoms with Crippen molar-refractivity contribution in [1.82, 2.24) is 10.2 Å². The Balaban J connectivity index is 1.61. The van der Waals surface area contributed by atoms with Gasteiger partial charge in [-0.1, -0.05) is 6.08 Å². The number of piperidine rings is 1. The molecule has 0 bridgehead atoms. The van der Waals surface area contributed by atoms with Crippen molar-refractivity contribution in [3.63, 3.8) is 0 Å². The molecule has 1 saturated carbocycles. The fourth-order valence-corrected chi connectivity index (χ4v) is 2.67. The molecule has 2 nitrogen and oxygen atoms in total. The predicted octanol–water partition coefficient (Wildman–Crippen LogP) is 2.42. The lowest BCUT2D eigenvalue weighted by molar-refractivity contribution is 0.186. The van der Waals surface area contributed by atoms with Crippen LogP contribution in [-0.2, 0) is 0 Å². The largest absolute Gasteiger partial charge is 0.311 e. The standard InChI is InChI=1S/C14H26N2/c1-3-4-12(2)15-14-7-9-16(10-8-14)11-13-5-6-13/h3,12-15H,1,4-11H2,2H3. The minimum Gasteiger partial charge on any atom is -0.311 e. The van der Waals surface area contributed by atoms with Crippen LogP contribution in [0, 0.1) is 5.92 Å². The van der Waals surface area contributed by atoms with Crippen LogP contribution in [0.2, 0.25) is 0 Å². The zero-order valence-corrected chi connectivity index (χ0v) is 10.6. The molecule has 2 aliphatic rings. The summed E-state index contributed by atoms with van der Waals surface area (Å²) in [5.74, 6) is 1.05. The van der Waals surface area contributed by atoms with Gasteiger partial charge in [0.1, 0.15) is 0 Å². The number of hydrogen-bond acceptors (Lipinski definition) is 2. The second-order valence-electron chi connectivity index (χ2n) is 5.61. The first-order chi connectivity index (χ1) is 7.78. The molecule has 2 heteroatoms. The maximum absolute atomic E-state index is 3.80. The molecule has 0 radical (unpaired) electrons. The first kappa shape index (κ1) is 12.1. The van der Waals surface area contributed by atoms with Gasteiger partial charge < -0.3 is 10.2 Å². The van der Waals surface area contributed by atoms with Crippen LogP contribution < -0.4 is 5.32 Å². The van der Waals surface area contributed by atoms with Crippen molar-refractivity contribution < 1.29 is 0 Å². The molecule has 1 aliphatic carbocycles. The maximum atomic E-state index is 3.80. The molecule has 1 atom stereocenters. The highest BCUT2D eigenvalue weighted by atomic mass is 15.1. The van der Waals surface area contributed by atoms with E-state index < -0.39 is 0 Å². The van der Waals surface area contributed by atoms with Crippen molar-refractivity contribution in [2.45, 2.75) is 51.1 Å². The molecule has 1 unspecified atom stereocenters. The molecule has 1 aliphatic heterocycles. The molecule has 92 valence electrons. The van der Waals surface area contributed by atoms with Gasteiger partial charge in [0, 0.05) is 18.6 Å². The Bertz CT molecular complexity index is 215. The zero-order chi connectivity index (χ0) is 11.4. The summed E-state index contributed by atoms with van der Waals surface area (Å²) in [6.07, 6.45) is 8.72. The maximum Gasteiger partial charge on any atom is 0.00940 e. The Morgan fingerprint density at radius 2 is 2.00 bits per heavy atom. The third-order valence-corrected chi connectivity index (χ3v) is 3.84. The number of likely N-dealkylation sites (tertiary alicyclic amines) is 1. The minimum absolute atomic E-state index is 0.595. The zero-order valence-electron chi connectivity index (χ0n) is 10.6. The summed E-state index contributed by atoms with van der Waals surface area (Å²) in [7, 11) is 0. The van der Waals surface area contributed by atoms with E-state index in [0.717, 1.165) is 18.4 Å². The van der Waals surface area contributed by atoms with Gasteiger partial charge in [-0.3, -0.25) is 0 Å². The Labute approximate surface area is 100 Å². The molecule has 0 aromatic heterocycles. The van der Waals surface area contributed by atoms with Crippen molar-refractivity contribution >= 4 is 0 Å². The lowest BCUT2D eigenvalue weighted by Gasteiger charge is -2.33. The monoisotopic (exact) mass is 222 g/mol. The van der Waals surface area contributed by atoms with Crippen LogP contribution in [0.25, 0.3) is 0 Å². The number of hydrogen-bond donors (Lipinski definition) is 1. The van der Waals surface area contributed by atoms with Crippen LogP contribution in [0.3, 0.4) is 0 Å². The highest BCUT2D eigenvalue weighted by Crippen LogP contribution is 2.30. The average Bonchev–Trinajstić information content (AvgIpc) is 3.05. The van der Waals surface area contributed by atoms with Crippen molar-refractivity contribution in [2.24, 2.45) is 5.92 Å². The molecule has 1 heterocycles. The molecule has 0 aromatic rings. The molecule has 2 rings (SSSR count). The molecule has 0 spiro atoms. The second-order valence-corrected chi connectivity index (χ2v) is 5.61. The van der Waals surface area contributed by atoms with E-state index in [1.165, 1.54) is 45.3 Å². The first-order valence-electron chi connectivity index (χ1n) is 6.87. The molecule has 1 N–H and O–H groups in total. The van der Waals surface area contributed by atoms with Crippen LogP contribution in [0.1, 0.15) is 39.0 Å². The number of nitrogens with one attached hydrogen (secondary N) is 1. The number of rotatable bonds is 6. The summed E-state index contributed by atoms with van der Waals surface area (Å²) >= 11 is 0. The van der Waals surface area contributed by atoms with Gasteiger partial charge in [0.05, 0.1) is 0 Å². The first-order valence-corrected chi connectivity index (χ1v) is 6.87. The van der Waals surface area contributed by atoms with Gasteiger partial charge in [0.2, 0.25) is 0 Å². The summed E-state index contributed by atoms with van der Waals surface area (Å²) in [5, 5.41) is 3.71. The van der Waals surface area contributed by atoms with Gasteiger partial charge in [-0.2, -0.15) is 0 Å². The third-order valence-electron chi connectivity index (χ3n) is 3.84. The molecule has 0 aromatic carbocycles. The topological polar surface area (TPSA) is 15.3 Å². The van der Waals surface area contributed by atoms with Crippen molar-refractivity contribution in [1.29, 1.82) is 0 Å². The summed E-state index contributed by atoms with van der Waals surface area (Å²) < 4.78 is 0. The lowest BCUT2D eigenvalue weighted by Crippen LogP contribution is -2.45. The molecule has 1 saturated heterocycles. The highest BCUT2D eigenvalue weighted by Gasteiger charge is 2.27. The van der Waals surface area contributed by atoms with Gasteiger partial charge in [-0.15, -0.1) is 6.58 Å². The molecular weight excluding hydrogens is 196 g/mol. The van der Waals surface area contributed by atoms with Crippen molar-refractivity contribution in [3.8, 4) is 0 Å². The lowest BCUT2D eigenvalue weighted by atomic mass is 10.0. The average molecular weight is 222 g/mol.